The maximum absolute atomic E-state index is 12.8. The molecule has 0 atom stereocenters. The molecule has 1 rings (SSSR count). The molecule has 0 fully saturated rings. The van der Waals surface area contributed by atoms with E-state index >= 15 is 0 Å². The second-order valence-electron chi connectivity index (χ2n) is 4.32. The van der Waals surface area contributed by atoms with Crippen LogP contribution in [0, 0.1) is 0 Å². The van der Waals surface area contributed by atoms with E-state index in [0.717, 1.165) is 5.56 Å². The zero-order chi connectivity index (χ0) is 14.6. The predicted molar refractivity (Wildman–Crippen MR) is 63.4 cm³/mol. The Hall–Kier alpha value is -1.63. The van der Waals surface area contributed by atoms with Crippen LogP contribution in [0.15, 0.2) is 24.3 Å². The largest absolute Gasteiger partial charge is 0.383 e. The highest BCUT2D eigenvalue weighted by Crippen LogP contribution is 2.25. The summed E-state index contributed by atoms with van der Waals surface area (Å²) in [6.07, 6.45) is -4.03. The molecule has 7 heteroatoms. The summed E-state index contributed by atoms with van der Waals surface area (Å²) in [4.78, 5) is 12.9. The van der Waals surface area contributed by atoms with Crippen molar-refractivity contribution < 1.29 is 22.4 Å². The number of hydrogen-bond donors (Lipinski definition) is 1. The number of halogens is 4. The molecule has 0 heterocycles. The average Bonchev–Trinajstić information content (AvgIpc) is 2.28. The Morgan fingerprint density at radius 3 is 2.53 bits per heavy atom. The third-order valence-corrected chi connectivity index (χ3v) is 2.26. The Morgan fingerprint density at radius 2 is 2.00 bits per heavy atom. The number of carbonyl (C=O) groups is 1. The molecule has 1 amide bonds. The predicted octanol–water partition coefficient (Wildman–Crippen LogP) is 2.59. The second kappa shape index (κ2) is 6.01. The van der Waals surface area contributed by atoms with Crippen LogP contribution in [-0.2, 0) is 11.3 Å². The van der Waals surface area contributed by atoms with Gasteiger partial charge in [-0.15, -0.1) is 0 Å². The summed E-state index contributed by atoms with van der Waals surface area (Å²) in [7, 11) is 3.63. The smallest absolute Gasteiger partial charge is 0.321 e. The summed E-state index contributed by atoms with van der Waals surface area (Å²) in [6, 6.07) is 6.11. The van der Waals surface area contributed by atoms with Crippen molar-refractivity contribution in [3.63, 3.8) is 0 Å². The fourth-order valence-electron chi connectivity index (χ4n) is 1.43. The monoisotopic (exact) mass is 278 g/mol. The topological polar surface area (TPSA) is 32.3 Å². The number of nitrogens with zero attached hydrogens (tertiary/aromatic N) is 1. The van der Waals surface area contributed by atoms with Crippen LogP contribution in [0.5, 0.6) is 0 Å². The third kappa shape index (κ3) is 4.20. The van der Waals surface area contributed by atoms with Crippen LogP contribution < -0.4 is 5.32 Å². The standard InChI is InChI=1S/C12H14F4N2O/c1-18(2)7-8-4-3-5-9(6-8)17-11(19)12(15,16)10(13)14/h3-6,10H,7H2,1-2H3,(H,17,19). The molecule has 0 aliphatic rings. The van der Waals surface area contributed by atoms with Crippen molar-refractivity contribution in [1.29, 1.82) is 0 Å². The summed E-state index contributed by atoms with van der Waals surface area (Å²) < 4.78 is 49.5. The van der Waals surface area contributed by atoms with E-state index in [4.69, 9.17) is 0 Å². The van der Waals surface area contributed by atoms with Gasteiger partial charge >= 0.3 is 18.3 Å². The van der Waals surface area contributed by atoms with E-state index in [2.05, 4.69) is 0 Å². The average molecular weight is 278 g/mol. The van der Waals surface area contributed by atoms with E-state index in [-0.39, 0.29) is 5.69 Å². The van der Waals surface area contributed by atoms with E-state index in [9.17, 15) is 22.4 Å². The maximum atomic E-state index is 12.8. The molecule has 0 spiro atoms. The van der Waals surface area contributed by atoms with Crippen LogP contribution >= 0.6 is 0 Å². The van der Waals surface area contributed by atoms with Crippen molar-refractivity contribution in [3.05, 3.63) is 29.8 Å². The fraction of sp³-hybridized carbons (Fsp3) is 0.417. The minimum Gasteiger partial charge on any atom is -0.321 e. The molecule has 0 aliphatic heterocycles. The zero-order valence-corrected chi connectivity index (χ0v) is 10.5. The first kappa shape index (κ1) is 15.4. The summed E-state index contributed by atoms with van der Waals surface area (Å²) in [6.45, 7) is 0.537. The van der Waals surface area contributed by atoms with Gasteiger partial charge in [0.2, 0.25) is 0 Å². The summed E-state index contributed by atoms with van der Waals surface area (Å²) >= 11 is 0. The van der Waals surface area contributed by atoms with Gasteiger partial charge in [0, 0.05) is 12.2 Å². The van der Waals surface area contributed by atoms with Crippen LogP contribution in [0.4, 0.5) is 23.2 Å². The number of carbonyl (C=O) groups excluding carboxylic acids is 1. The third-order valence-electron chi connectivity index (χ3n) is 2.26. The van der Waals surface area contributed by atoms with Gasteiger partial charge in [-0.05, 0) is 31.8 Å². The molecule has 0 saturated carbocycles. The number of anilines is 1. The molecule has 0 aromatic heterocycles. The van der Waals surface area contributed by atoms with Gasteiger partial charge in [-0.25, -0.2) is 8.78 Å². The van der Waals surface area contributed by atoms with Crippen molar-refractivity contribution in [1.82, 2.24) is 4.90 Å². The van der Waals surface area contributed by atoms with Gasteiger partial charge < -0.3 is 10.2 Å². The number of hydrogen-bond acceptors (Lipinski definition) is 2. The number of nitrogens with one attached hydrogen (secondary N) is 1. The van der Waals surface area contributed by atoms with Gasteiger partial charge in [-0.2, -0.15) is 8.78 Å². The molecular weight excluding hydrogens is 264 g/mol. The van der Waals surface area contributed by atoms with E-state index < -0.39 is 18.3 Å². The summed E-state index contributed by atoms with van der Waals surface area (Å²) in [5.74, 6) is -6.71. The van der Waals surface area contributed by atoms with Crippen LogP contribution in [0.25, 0.3) is 0 Å². The molecule has 1 N–H and O–H groups in total. The highest BCUT2D eigenvalue weighted by atomic mass is 19.3. The molecule has 0 bridgehead atoms. The second-order valence-corrected chi connectivity index (χ2v) is 4.32. The quantitative estimate of drug-likeness (QED) is 0.840. The Bertz CT molecular complexity index is 449. The van der Waals surface area contributed by atoms with Crippen molar-refractivity contribution >= 4 is 11.6 Å². The van der Waals surface area contributed by atoms with Gasteiger partial charge in [0.05, 0.1) is 0 Å². The lowest BCUT2D eigenvalue weighted by Gasteiger charge is -2.16. The van der Waals surface area contributed by atoms with Crippen molar-refractivity contribution in [3.8, 4) is 0 Å². The molecule has 1 aromatic carbocycles. The highest BCUT2D eigenvalue weighted by Gasteiger charge is 2.48. The Morgan fingerprint density at radius 1 is 1.37 bits per heavy atom. The van der Waals surface area contributed by atoms with Crippen LogP contribution in [0.2, 0.25) is 0 Å². The summed E-state index contributed by atoms with van der Waals surface area (Å²) in [5, 5.41) is 1.79. The summed E-state index contributed by atoms with van der Waals surface area (Å²) in [5.41, 5.74) is 0.827. The van der Waals surface area contributed by atoms with Crippen LogP contribution in [-0.4, -0.2) is 37.3 Å². The van der Waals surface area contributed by atoms with E-state index in [1.54, 1.807) is 17.4 Å². The van der Waals surface area contributed by atoms with E-state index in [1.165, 1.54) is 12.1 Å². The molecule has 0 saturated heterocycles. The minimum absolute atomic E-state index is 0.0599. The highest BCUT2D eigenvalue weighted by molar-refractivity contribution is 5.96. The van der Waals surface area contributed by atoms with Crippen molar-refractivity contribution in [2.24, 2.45) is 0 Å². The van der Waals surface area contributed by atoms with Gasteiger partial charge in [0.15, 0.2) is 0 Å². The maximum Gasteiger partial charge on any atom is 0.383 e. The first-order chi connectivity index (χ1) is 8.73. The first-order valence-corrected chi connectivity index (χ1v) is 5.44. The number of alkyl halides is 4. The fourth-order valence-corrected chi connectivity index (χ4v) is 1.43. The molecule has 0 unspecified atom stereocenters. The van der Waals surface area contributed by atoms with Gasteiger partial charge in [0.1, 0.15) is 0 Å². The molecule has 0 radical (unpaired) electrons. The first-order valence-electron chi connectivity index (χ1n) is 5.44. The Balaban J connectivity index is 2.80. The molecule has 106 valence electrons. The van der Waals surface area contributed by atoms with Crippen LogP contribution in [0.3, 0.4) is 0 Å². The Kier molecular flexibility index (Phi) is 4.88. The number of benzene rings is 1. The zero-order valence-electron chi connectivity index (χ0n) is 10.5. The Labute approximate surface area is 108 Å². The molecule has 3 nitrogen and oxygen atoms in total. The molecule has 19 heavy (non-hydrogen) atoms. The normalized spacial score (nSPS) is 12.0. The van der Waals surface area contributed by atoms with Gasteiger partial charge in [0.25, 0.3) is 0 Å². The number of amides is 1. The van der Waals surface area contributed by atoms with Gasteiger partial charge in [-0.1, -0.05) is 12.1 Å². The van der Waals surface area contributed by atoms with E-state index in [0.29, 0.717) is 6.54 Å². The lowest BCUT2D eigenvalue weighted by atomic mass is 10.2. The molecule has 0 aliphatic carbocycles. The lowest BCUT2D eigenvalue weighted by Crippen LogP contribution is -2.41. The SMILES string of the molecule is CN(C)Cc1cccc(NC(=O)C(F)(F)C(F)F)c1. The lowest BCUT2D eigenvalue weighted by molar-refractivity contribution is -0.163. The molecular formula is C12H14F4N2O. The molecule has 1 aromatic rings. The van der Waals surface area contributed by atoms with Crippen molar-refractivity contribution in [2.75, 3.05) is 19.4 Å². The van der Waals surface area contributed by atoms with Crippen LogP contribution in [0.1, 0.15) is 5.56 Å². The van der Waals surface area contributed by atoms with E-state index in [1.807, 2.05) is 19.0 Å². The van der Waals surface area contributed by atoms with Crippen molar-refractivity contribution in [2.45, 2.75) is 18.9 Å². The van der Waals surface area contributed by atoms with Gasteiger partial charge in [-0.3, -0.25) is 4.79 Å². The number of rotatable bonds is 5. The minimum atomic E-state index is -4.70.